The largest absolute Gasteiger partial charge is 0.315 e. The van der Waals surface area contributed by atoms with E-state index < -0.39 is 0 Å². The van der Waals surface area contributed by atoms with Crippen LogP contribution in [-0.2, 0) is 0 Å². The van der Waals surface area contributed by atoms with Crippen molar-refractivity contribution in [3.05, 3.63) is 12.7 Å². The number of hydrogen-bond donors (Lipinski definition) is 1. The first-order chi connectivity index (χ1) is 5.02. The Bertz CT molecular complexity index is 116. The first-order valence-corrected chi connectivity index (χ1v) is 4.39. The maximum Gasteiger partial charge on any atom is 0.00466 e. The standard InChI is InChI=1S/C10H21N/c1-6-10(4,5)8-9(3)11-7-2/h6,9,11H,1,7-8H2,2-5H3. The minimum Gasteiger partial charge on any atom is -0.315 e. The maximum atomic E-state index is 3.82. The Morgan fingerprint density at radius 3 is 2.45 bits per heavy atom. The molecule has 0 aromatic heterocycles. The SMILES string of the molecule is C=CC(C)(C)CC(C)NCC. The molecule has 11 heavy (non-hydrogen) atoms. The second-order valence-electron chi connectivity index (χ2n) is 3.86. The fourth-order valence-corrected chi connectivity index (χ4v) is 1.29. The molecular formula is C10H21N. The van der Waals surface area contributed by atoms with Gasteiger partial charge < -0.3 is 5.32 Å². The third kappa shape index (κ3) is 5.02. The molecule has 0 radical (unpaired) electrons. The highest BCUT2D eigenvalue weighted by Gasteiger charge is 2.15. The fourth-order valence-electron chi connectivity index (χ4n) is 1.29. The predicted molar refractivity (Wildman–Crippen MR) is 51.7 cm³/mol. The van der Waals surface area contributed by atoms with Gasteiger partial charge >= 0.3 is 0 Å². The molecule has 0 heterocycles. The zero-order valence-electron chi connectivity index (χ0n) is 8.28. The van der Waals surface area contributed by atoms with Crippen LogP contribution < -0.4 is 5.32 Å². The monoisotopic (exact) mass is 155 g/mol. The summed E-state index contributed by atoms with van der Waals surface area (Å²) in [5, 5.41) is 3.39. The lowest BCUT2D eigenvalue weighted by molar-refractivity contribution is 0.365. The molecule has 66 valence electrons. The maximum absolute atomic E-state index is 3.82. The number of rotatable bonds is 5. The zero-order chi connectivity index (χ0) is 8.91. The van der Waals surface area contributed by atoms with Gasteiger partial charge in [0.05, 0.1) is 0 Å². The Hall–Kier alpha value is -0.300. The Labute approximate surface area is 70.9 Å². The molecule has 1 nitrogen and oxygen atoms in total. The molecule has 0 fully saturated rings. The summed E-state index contributed by atoms with van der Waals surface area (Å²) in [4.78, 5) is 0. The van der Waals surface area contributed by atoms with Gasteiger partial charge in [-0.2, -0.15) is 0 Å². The molecular weight excluding hydrogens is 134 g/mol. The smallest absolute Gasteiger partial charge is 0.00466 e. The van der Waals surface area contributed by atoms with E-state index in [-0.39, 0.29) is 5.41 Å². The Morgan fingerprint density at radius 2 is 2.09 bits per heavy atom. The highest BCUT2D eigenvalue weighted by molar-refractivity contribution is 4.89. The van der Waals surface area contributed by atoms with E-state index in [1.807, 2.05) is 6.08 Å². The summed E-state index contributed by atoms with van der Waals surface area (Å²) in [7, 11) is 0. The Morgan fingerprint density at radius 1 is 1.55 bits per heavy atom. The third-order valence-electron chi connectivity index (χ3n) is 1.94. The van der Waals surface area contributed by atoms with Gasteiger partial charge in [0, 0.05) is 6.04 Å². The van der Waals surface area contributed by atoms with Gasteiger partial charge in [0.1, 0.15) is 0 Å². The van der Waals surface area contributed by atoms with Crippen LogP contribution in [0, 0.1) is 5.41 Å². The van der Waals surface area contributed by atoms with E-state index in [1.165, 1.54) is 0 Å². The molecule has 0 bridgehead atoms. The minimum atomic E-state index is 0.265. The summed E-state index contributed by atoms with van der Waals surface area (Å²) >= 11 is 0. The zero-order valence-corrected chi connectivity index (χ0v) is 8.28. The van der Waals surface area contributed by atoms with E-state index in [4.69, 9.17) is 0 Å². The first kappa shape index (κ1) is 10.7. The summed E-state index contributed by atoms with van der Waals surface area (Å²) in [6.45, 7) is 13.7. The minimum absolute atomic E-state index is 0.265. The van der Waals surface area contributed by atoms with E-state index >= 15 is 0 Å². The Balaban J connectivity index is 3.72. The van der Waals surface area contributed by atoms with Crippen LogP contribution in [0.1, 0.15) is 34.1 Å². The Kier molecular flexibility index (Phi) is 4.43. The molecule has 0 aromatic rings. The van der Waals surface area contributed by atoms with Crippen molar-refractivity contribution in [2.45, 2.75) is 40.2 Å². The molecule has 0 aromatic carbocycles. The van der Waals surface area contributed by atoms with Crippen molar-refractivity contribution in [2.75, 3.05) is 6.54 Å². The normalized spacial score (nSPS) is 14.5. The summed E-state index contributed by atoms with van der Waals surface area (Å²) in [5.74, 6) is 0. The lowest BCUT2D eigenvalue weighted by Crippen LogP contribution is -2.30. The summed E-state index contributed by atoms with van der Waals surface area (Å²) in [6, 6.07) is 0.591. The van der Waals surface area contributed by atoms with Crippen LogP contribution in [0.25, 0.3) is 0 Å². The van der Waals surface area contributed by atoms with E-state index in [2.05, 4.69) is 39.6 Å². The quantitative estimate of drug-likeness (QED) is 0.602. The van der Waals surface area contributed by atoms with Crippen LogP contribution in [0.2, 0.25) is 0 Å². The van der Waals surface area contributed by atoms with E-state index in [9.17, 15) is 0 Å². The van der Waals surface area contributed by atoms with Crippen LogP contribution >= 0.6 is 0 Å². The van der Waals surface area contributed by atoms with Gasteiger partial charge in [0.2, 0.25) is 0 Å². The van der Waals surface area contributed by atoms with E-state index in [0.717, 1.165) is 13.0 Å². The van der Waals surface area contributed by atoms with Gasteiger partial charge in [-0.1, -0.05) is 26.8 Å². The molecule has 0 spiro atoms. The molecule has 0 saturated heterocycles. The van der Waals surface area contributed by atoms with Gasteiger partial charge in [0.25, 0.3) is 0 Å². The second-order valence-corrected chi connectivity index (χ2v) is 3.86. The molecule has 1 atom stereocenters. The summed E-state index contributed by atoms with van der Waals surface area (Å²) in [6.07, 6.45) is 3.19. The molecule has 0 aliphatic carbocycles. The third-order valence-corrected chi connectivity index (χ3v) is 1.94. The van der Waals surface area contributed by atoms with E-state index in [0.29, 0.717) is 6.04 Å². The van der Waals surface area contributed by atoms with Crippen molar-refractivity contribution in [1.29, 1.82) is 0 Å². The van der Waals surface area contributed by atoms with Gasteiger partial charge in [-0.25, -0.2) is 0 Å². The lowest BCUT2D eigenvalue weighted by atomic mass is 9.86. The average Bonchev–Trinajstić information content (AvgIpc) is 1.87. The molecule has 0 saturated carbocycles. The topological polar surface area (TPSA) is 12.0 Å². The fraction of sp³-hybridized carbons (Fsp3) is 0.800. The van der Waals surface area contributed by atoms with Gasteiger partial charge in [-0.05, 0) is 25.3 Å². The summed E-state index contributed by atoms with van der Waals surface area (Å²) in [5.41, 5.74) is 0.265. The van der Waals surface area contributed by atoms with Gasteiger partial charge in [-0.3, -0.25) is 0 Å². The number of allylic oxidation sites excluding steroid dienone is 1. The van der Waals surface area contributed by atoms with Crippen LogP contribution in [0.4, 0.5) is 0 Å². The van der Waals surface area contributed by atoms with Crippen molar-refractivity contribution in [3.8, 4) is 0 Å². The second kappa shape index (κ2) is 4.55. The lowest BCUT2D eigenvalue weighted by Gasteiger charge is -2.24. The molecule has 1 heteroatoms. The molecule has 0 rings (SSSR count). The van der Waals surface area contributed by atoms with Crippen molar-refractivity contribution in [1.82, 2.24) is 5.32 Å². The average molecular weight is 155 g/mol. The molecule has 0 aliphatic heterocycles. The first-order valence-electron chi connectivity index (χ1n) is 4.39. The molecule has 1 unspecified atom stereocenters. The summed E-state index contributed by atoms with van der Waals surface area (Å²) < 4.78 is 0. The van der Waals surface area contributed by atoms with Crippen LogP contribution in [0.15, 0.2) is 12.7 Å². The highest BCUT2D eigenvalue weighted by atomic mass is 14.9. The number of hydrogen-bond acceptors (Lipinski definition) is 1. The number of nitrogens with one attached hydrogen (secondary N) is 1. The van der Waals surface area contributed by atoms with Crippen LogP contribution in [0.5, 0.6) is 0 Å². The van der Waals surface area contributed by atoms with Crippen LogP contribution in [0.3, 0.4) is 0 Å². The van der Waals surface area contributed by atoms with Crippen molar-refractivity contribution in [2.24, 2.45) is 5.41 Å². The van der Waals surface area contributed by atoms with Crippen LogP contribution in [-0.4, -0.2) is 12.6 Å². The van der Waals surface area contributed by atoms with E-state index in [1.54, 1.807) is 0 Å². The highest BCUT2D eigenvalue weighted by Crippen LogP contribution is 2.22. The van der Waals surface area contributed by atoms with Crippen molar-refractivity contribution in [3.63, 3.8) is 0 Å². The van der Waals surface area contributed by atoms with Crippen molar-refractivity contribution < 1.29 is 0 Å². The van der Waals surface area contributed by atoms with Gasteiger partial charge in [-0.15, -0.1) is 6.58 Å². The van der Waals surface area contributed by atoms with Crippen molar-refractivity contribution >= 4 is 0 Å². The predicted octanol–water partition coefficient (Wildman–Crippen LogP) is 2.59. The molecule has 0 amide bonds. The molecule has 0 aliphatic rings. The molecule has 1 N–H and O–H groups in total. The van der Waals surface area contributed by atoms with Gasteiger partial charge in [0.15, 0.2) is 0 Å².